The molecule has 9 nitrogen and oxygen atoms in total. The second kappa shape index (κ2) is 10.3. The average molecular weight is 463 g/mol. The van der Waals surface area contributed by atoms with E-state index < -0.39 is 5.91 Å². The van der Waals surface area contributed by atoms with Crippen LogP contribution in [-0.4, -0.2) is 47.1 Å². The summed E-state index contributed by atoms with van der Waals surface area (Å²) < 4.78 is 4.95. The highest BCUT2D eigenvalue weighted by Gasteiger charge is 2.20. The maximum absolute atomic E-state index is 12.2. The number of hydrogen-bond donors (Lipinski definition) is 3. The van der Waals surface area contributed by atoms with Gasteiger partial charge in [-0.3, -0.25) is 9.59 Å². The van der Waals surface area contributed by atoms with E-state index >= 15 is 0 Å². The monoisotopic (exact) mass is 462 g/mol. The molecule has 0 spiro atoms. The second-order valence-electron chi connectivity index (χ2n) is 6.43. The van der Waals surface area contributed by atoms with E-state index in [2.05, 4.69) is 20.8 Å². The number of ether oxygens (including phenoxy) is 1. The number of para-hydroxylation sites is 1. The topological polar surface area (TPSA) is 124 Å². The third kappa shape index (κ3) is 5.52. The van der Waals surface area contributed by atoms with E-state index in [0.717, 1.165) is 11.2 Å². The summed E-state index contributed by atoms with van der Waals surface area (Å²) in [6.07, 6.45) is 0.725. The summed E-state index contributed by atoms with van der Waals surface area (Å²) in [5, 5.41) is 14.8. The Kier molecular flexibility index (Phi) is 7.45. The third-order valence-electron chi connectivity index (χ3n) is 4.21. The van der Waals surface area contributed by atoms with E-state index in [9.17, 15) is 9.59 Å². The van der Waals surface area contributed by atoms with E-state index in [0.29, 0.717) is 40.1 Å². The van der Waals surface area contributed by atoms with Gasteiger partial charge in [-0.1, -0.05) is 29.3 Å². The van der Waals surface area contributed by atoms with Crippen LogP contribution in [0.25, 0.3) is 5.69 Å². The first-order valence-corrected chi connectivity index (χ1v) is 10.0. The highest BCUT2D eigenvalue weighted by molar-refractivity contribution is 6.37. The second-order valence-corrected chi connectivity index (χ2v) is 7.24. The number of amides is 2. The number of halogens is 2. The third-order valence-corrected chi connectivity index (χ3v) is 4.82. The molecule has 31 heavy (non-hydrogen) atoms. The van der Waals surface area contributed by atoms with Crippen LogP contribution in [-0.2, 0) is 4.74 Å². The van der Waals surface area contributed by atoms with Crippen LogP contribution in [0, 0.1) is 0 Å². The molecule has 0 saturated carbocycles. The molecule has 4 N–H and O–H groups in total. The van der Waals surface area contributed by atoms with Gasteiger partial charge >= 0.3 is 0 Å². The van der Waals surface area contributed by atoms with Crippen molar-refractivity contribution in [1.29, 1.82) is 0 Å². The Morgan fingerprint density at radius 2 is 1.77 bits per heavy atom. The van der Waals surface area contributed by atoms with Crippen molar-refractivity contribution >= 4 is 46.5 Å². The van der Waals surface area contributed by atoms with Crippen LogP contribution in [0.1, 0.15) is 27.3 Å². The number of aromatic nitrogens is 3. The van der Waals surface area contributed by atoms with Crippen LogP contribution < -0.4 is 16.4 Å². The summed E-state index contributed by atoms with van der Waals surface area (Å²) in [7, 11) is 1.61. The van der Waals surface area contributed by atoms with E-state index in [4.69, 9.17) is 33.7 Å². The lowest BCUT2D eigenvalue weighted by molar-refractivity contribution is 0.0947. The highest BCUT2D eigenvalue weighted by Crippen LogP contribution is 2.28. The summed E-state index contributed by atoms with van der Waals surface area (Å²) >= 11 is 12.4. The molecule has 0 bridgehead atoms. The number of methoxy groups -OCH3 is 1. The first kappa shape index (κ1) is 22.5. The Morgan fingerprint density at radius 3 is 2.39 bits per heavy atom. The molecule has 3 aromatic rings. The van der Waals surface area contributed by atoms with Crippen molar-refractivity contribution in [3.05, 3.63) is 63.8 Å². The normalized spacial score (nSPS) is 10.7. The minimum absolute atomic E-state index is 0.0871. The van der Waals surface area contributed by atoms with Gasteiger partial charge in [-0.2, -0.15) is 0 Å². The van der Waals surface area contributed by atoms with E-state index in [1.165, 1.54) is 0 Å². The molecule has 2 amide bonds. The van der Waals surface area contributed by atoms with E-state index in [1.54, 1.807) is 49.6 Å². The van der Waals surface area contributed by atoms with Crippen molar-refractivity contribution in [2.75, 3.05) is 25.6 Å². The molecular weight excluding hydrogens is 443 g/mol. The number of carbonyl (C=O) groups excluding carboxylic acids is 2. The van der Waals surface area contributed by atoms with E-state index in [-0.39, 0.29) is 17.4 Å². The summed E-state index contributed by atoms with van der Waals surface area (Å²) in [5.41, 5.74) is 6.75. The van der Waals surface area contributed by atoms with Crippen molar-refractivity contribution in [1.82, 2.24) is 20.3 Å². The van der Waals surface area contributed by atoms with Gasteiger partial charge in [-0.25, -0.2) is 0 Å². The standard InChI is InChI=1S/C20H20Cl2N6O3/c1-31-11-3-10-24-20(30)12-6-8-13(9-7-12)25-19-16(18(23)29)26-28(27-19)17-14(21)4-2-5-15(17)22/h2,4-9H,3,10-11H2,1H3,(H2,23,29)(H,24,30)(H,25,27). The number of carbonyl (C=O) groups is 2. The van der Waals surface area contributed by atoms with Gasteiger partial charge in [-0.05, 0) is 42.8 Å². The van der Waals surface area contributed by atoms with Gasteiger partial charge in [0.2, 0.25) is 0 Å². The van der Waals surface area contributed by atoms with E-state index in [1.807, 2.05) is 0 Å². The fourth-order valence-electron chi connectivity index (χ4n) is 2.70. The summed E-state index contributed by atoms with van der Waals surface area (Å²) in [6, 6.07) is 11.6. The van der Waals surface area contributed by atoms with Gasteiger partial charge in [0, 0.05) is 31.5 Å². The Labute approximate surface area is 188 Å². The zero-order valence-electron chi connectivity index (χ0n) is 16.6. The first-order valence-electron chi connectivity index (χ1n) is 9.26. The summed E-state index contributed by atoms with van der Waals surface area (Å²) in [4.78, 5) is 25.2. The Balaban J connectivity index is 1.79. The summed E-state index contributed by atoms with van der Waals surface area (Å²) in [5.74, 6) is -0.843. The number of anilines is 2. The fraction of sp³-hybridized carbons (Fsp3) is 0.200. The first-order chi connectivity index (χ1) is 14.9. The molecular formula is C20H20Cl2N6O3. The number of rotatable bonds is 9. The van der Waals surface area contributed by atoms with Crippen molar-refractivity contribution in [2.45, 2.75) is 6.42 Å². The molecule has 0 saturated heterocycles. The van der Waals surface area contributed by atoms with Crippen LogP contribution in [0.3, 0.4) is 0 Å². The molecule has 162 valence electrons. The molecule has 0 unspecified atom stereocenters. The van der Waals surface area contributed by atoms with Crippen LogP contribution in [0.15, 0.2) is 42.5 Å². The van der Waals surface area contributed by atoms with Gasteiger partial charge in [0.05, 0.1) is 10.0 Å². The van der Waals surface area contributed by atoms with Crippen molar-refractivity contribution < 1.29 is 14.3 Å². The lowest BCUT2D eigenvalue weighted by Crippen LogP contribution is -2.25. The molecule has 0 atom stereocenters. The van der Waals surface area contributed by atoms with Crippen LogP contribution in [0.2, 0.25) is 10.0 Å². The lowest BCUT2D eigenvalue weighted by atomic mass is 10.2. The molecule has 11 heteroatoms. The average Bonchev–Trinajstić information content (AvgIpc) is 3.15. The SMILES string of the molecule is COCCCNC(=O)c1ccc(Nc2nn(-c3c(Cl)cccc3Cl)nc2C(N)=O)cc1. The molecule has 1 aromatic heterocycles. The minimum atomic E-state index is -0.774. The number of primary amides is 1. The van der Waals surface area contributed by atoms with Crippen molar-refractivity contribution in [3.63, 3.8) is 0 Å². The molecule has 1 heterocycles. The largest absolute Gasteiger partial charge is 0.385 e. The van der Waals surface area contributed by atoms with Gasteiger partial charge in [0.15, 0.2) is 11.5 Å². The maximum Gasteiger partial charge on any atom is 0.273 e. The molecule has 3 rings (SSSR count). The molecule has 0 aliphatic rings. The quantitative estimate of drug-likeness (QED) is 0.419. The van der Waals surface area contributed by atoms with Gasteiger partial charge in [-0.15, -0.1) is 15.0 Å². The van der Waals surface area contributed by atoms with Gasteiger partial charge < -0.3 is 21.1 Å². The Hall–Kier alpha value is -3.14. The fourth-order valence-corrected chi connectivity index (χ4v) is 3.25. The lowest BCUT2D eigenvalue weighted by Gasteiger charge is -2.07. The summed E-state index contributed by atoms with van der Waals surface area (Å²) in [6.45, 7) is 1.09. The smallest absolute Gasteiger partial charge is 0.273 e. The number of hydrogen-bond acceptors (Lipinski definition) is 6. The molecule has 0 aliphatic carbocycles. The molecule has 2 aromatic carbocycles. The van der Waals surface area contributed by atoms with Crippen molar-refractivity contribution in [3.8, 4) is 5.69 Å². The predicted molar refractivity (Wildman–Crippen MR) is 118 cm³/mol. The number of nitrogens with two attached hydrogens (primary N) is 1. The molecule has 0 radical (unpaired) electrons. The predicted octanol–water partition coefficient (Wildman–Crippen LogP) is 3.18. The molecule has 0 aliphatic heterocycles. The number of nitrogens with zero attached hydrogens (tertiary/aromatic N) is 3. The maximum atomic E-state index is 12.2. The van der Waals surface area contributed by atoms with Crippen LogP contribution in [0.4, 0.5) is 11.5 Å². The zero-order chi connectivity index (χ0) is 22.4. The van der Waals surface area contributed by atoms with Crippen LogP contribution >= 0.6 is 23.2 Å². The minimum Gasteiger partial charge on any atom is -0.385 e. The van der Waals surface area contributed by atoms with Gasteiger partial charge in [0.25, 0.3) is 11.8 Å². The molecule has 0 fully saturated rings. The number of benzene rings is 2. The zero-order valence-corrected chi connectivity index (χ0v) is 18.1. The highest BCUT2D eigenvalue weighted by atomic mass is 35.5. The number of nitrogens with one attached hydrogen (secondary N) is 2. The van der Waals surface area contributed by atoms with Gasteiger partial charge in [0.1, 0.15) is 5.69 Å². The Bertz CT molecular complexity index is 1060. The Morgan fingerprint density at radius 1 is 1.10 bits per heavy atom. The van der Waals surface area contributed by atoms with Crippen molar-refractivity contribution in [2.24, 2.45) is 5.73 Å². The van der Waals surface area contributed by atoms with Crippen LogP contribution in [0.5, 0.6) is 0 Å².